The van der Waals surface area contributed by atoms with Gasteiger partial charge in [-0.05, 0) is 16.7 Å². The molecule has 2 aromatic rings. The van der Waals surface area contributed by atoms with Crippen molar-refractivity contribution in [3.05, 3.63) is 60.2 Å². The largest absolute Gasteiger partial charge is 0.305 e. The van der Waals surface area contributed by atoms with Crippen molar-refractivity contribution in [3.63, 3.8) is 0 Å². The minimum absolute atomic E-state index is 0.710. The van der Waals surface area contributed by atoms with Gasteiger partial charge in [-0.15, -0.1) is 0 Å². The molecular weight excluding hydrogens is 198 g/mol. The summed E-state index contributed by atoms with van der Waals surface area (Å²) in [6, 6.07) is 18.7. The summed E-state index contributed by atoms with van der Waals surface area (Å²) in [5, 5.41) is 0. The van der Waals surface area contributed by atoms with E-state index >= 15 is 0 Å². The third-order valence-electron chi connectivity index (χ3n) is 2.51. The second-order valence-corrected chi connectivity index (χ2v) is 3.55. The molecule has 0 bridgehead atoms. The Kier molecular flexibility index (Phi) is 3.70. The van der Waals surface area contributed by atoms with Crippen molar-refractivity contribution in [3.8, 4) is 11.1 Å². The van der Waals surface area contributed by atoms with Crippen LogP contribution in [0.5, 0.6) is 0 Å². The van der Waals surface area contributed by atoms with E-state index in [-0.39, 0.29) is 0 Å². The molecule has 0 aliphatic rings. The highest BCUT2D eigenvalue weighted by Gasteiger charge is 2.02. The Labute approximate surface area is 95.8 Å². The van der Waals surface area contributed by atoms with Crippen LogP contribution in [0.25, 0.3) is 11.1 Å². The lowest BCUT2D eigenvalue weighted by Crippen LogP contribution is -2.11. The zero-order valence-electron chi connectivity index (χ0n) is 9.31. The predicted octanol–water partition coefficient (Wildman–Crippen LogP) is 3.00. The second kappa shape index (κ2) is 5.45. The van der Waals surface area contributed by atoms with Gasteiger partial charge in [0.25, 0.3) is 0 Å². The van der Waals surface area contributed by atoms with E-state index in [1.54, 1.807) is 7.11 Å². The van der Waals surface area contributed by atoms with E-state index in [9.17, 15) is 0 Å². The molecule has 0 atom stereocenters. The summed E-state index contributed by atoms with van der Waals surface area (Å²) in [7, 11) is 1.63. The molecule has 0 aliphatic carbocycles. The number of hydrogen-bond acceptors (Lipinski definition) is 2. The molecule has 82 valence electrons. The van der Waals surface area contributed by atoms with Crippen LogP contribution in [-0.2, 0) is 11.4 Å². The Morgan fingerprint density at radius 2 is 1.62 bits per heavy atom. The molecule has 2 rings (SSSR count). The maximum Gasteiger partial charge on any atom is 0.0572 e. The minimum atomic E-state index is 0.710. The SMILES string of the molecule is CONCc1ccccc1-c1ccccc1. The molecule has 0 radical (unpaired) electrons. The molecule has 0 aliphatic heterocycles. The molecule has 2 aromatic carbocycles. The van der Waals surface area contributed by atoms with E-state index in [1.807, 2.05) is 12.1 Å². The van der Waals surface area contributed by atoms with Crippen LogP contribution in [0.15, 0.2) is 54.6 Å². The summed E-state index contributed by atoms with van der Waals surface area (Å²) in [5.41, 5.74) is 6.58. The van der Waals surface area contributed by atoms with Gasteiger partial charge in [-0.2, -0.15) is 5.48 Å². The van der Waals surface area contributed by atoms with Gasteiger partial charge >= 0.3 is 0 Å². The first kappa shape index (κ1) is 10.9. The van der Waals surface area contributed by atoms with Crippen molar-refractivity contribution in [2.45, 2.75) is 6.54 Å². The molecule has 0 saturated heterocycles. The maximum absolute atomic E-state index is 4.89. The predicted molar refractivity (Wildman–Crippen MR) is 65.7 cm³/mol. The van der Waals surface area contributed by atoms with Crippen molar-refractivity contribution in [2.75, 3.05) is 7.11 Å². The Bertz CT molecular complexity index is 439. The van der Waals surface area contributed by atoms with Gasteiger partial charge < -0.3 is 4.84 Å². The van der Waals surface area contributed by atoms with Gasteiger partial charge in [0.2, 0.25) is 0 Å². The monoisotopic (exact) mass is 213 g/mol. The first-order valence-electron chi connectivity index (χ1n) is 5.31. The Morgan fingerprint density at radius 1 is 0.938 bits per heavy atom. The quantitative estimate of drug-likeness (QED) is 0.788. The highest BCUT2D eigenvalue weighted by molar-refractivity contribution is 5.67. The smallest absolute Gasteiger partial charge is 0.0572 e. The number of benzene rings is 2. The lowest BCUT2D eigenvalue weighted by molar-refractivity contribution is 0.0868. The fourth-order valence-corrected chi connectivity index (χ4v) is 1.72. The third-order valence-corrected chi connectivity index (χ3v) is 2.51. The van der Waals surface area contributed by atoms with Gasteiger partial charge in [0.05, 0.1) is 7.11 Å². The minimum Gasteiger partial charge on any atom is -0.305 e. The van der Waals surface area contributed by atoms with Crippen molar-refractivity contribution in [1.82, 2.24) is 5.48 Å². The van der Waals surface area contributed by atoms with Crippen LogP contribution in [0.1, 0.15) is 5.56 Å². The Balaban J connectivity index is 2.33. The molecule has 0 amide bonds. The van der Waals surface area contributed by atoms with Crippen molar-refractivity contribution in [2.24, 2.45) is 0 Å². The molecule has 0 fully saturated rings. The van der Waals surface area contributed by atoms with Crippen LogP contribution < -0.4 is 5.48 Å². The molecule has 2 heteroatoms. The van der Waals surface area contributed by atoms with Gasteiger partial charge in [0, 0.05) is 6.54 Å². The molecule has 0 heterocycles. The summed E-state index contributed by atoms with van der Waals surface area (Å²) < 4.78 is 0. The second-order valence-electron chi connectivity index (χ2n) is 3.55. The number of rotatable bonds is 4. The molecule has 0 spiro atoms. The molecular formula is C14H15NO. The van der Waals surface area contributed by atoms with Crippen LogP contribution in [0.4, 0.5) is 0 Å². The number of hydrogen-bond donors (Lipinski definition) is 1. The average molecular weight is 213 g/mol. The maximum atomic E-state index is 4.89. The van der Waals surface area contributed by atoms with Crippen LogP contribution in [0, 0.1) is 0 Å². The summed E-state index contributed by atoms with van der Waals surface area (Å²) in [6.45, 7) is 0.710. The zero-order valence-corrected chi connectivity index (χ0v) is 9.31. The lowest BCUT2D eigenvalue weighted by Gasteiger charge is -2.09. The molecule has 0 saturated carbocycles. The van der Waals surface area contributed by atoms with E-state index in [2.05, 4.69) is 47.9 Å². The van der Waals surface area contributed by atoms with E-state index in [0.29, 0.717) is 6.54 Å². The molecule has 0 unspecified atom stereocenters. The summed E-state index contributed by atoms with van der Waals surface area (Å²) in [4.78, 5) is 4.89. The fourth-order valence-electron chi connectivity index (χ4n) is 1.72. The van der Waals surface area contributed by atoms with Crippen LogP contribution in [0.2, 0.25) is 0 Å². The Morgan fingerprint density at radius 3 is 2.38 bits per heavy atom. The molecule has 1 N–H and O–H groups in total. The van der Waals surface area contributed by atoms with E-state index in [4.69, 9.17) is 4.84 Å². The third kappa shape index (κ3) is 2.48. The summed E-state index contributed by atoms with van der Waals surface area (Å²) >= 11 is 0. The van der Waals surface area contributed by atoms with Crippen LogP contribution in [-0.4, -0.2) is 7.11 Å². The van der Waals surface area contributed by atoms with Crippen molar-refractivity contribution >= 4 is 0 Å². The van der Waals surface area contributed by atoms with Crippen molar-refractivity contribution in [1.29, 1.82) is 0 Å². The average Bonchev–Trinajstić information content (AvgIpc) is 2.38. The van der Waals surface area contributed by atoms with Crippen LogP contribution >= 0.6 is 0 Å². The van der Waals surface area contributed by atoms with Gasteiger partial charge in [-0.1, -0.05) is 54.6 Å². The van der Waals surface area contributed by atoms with Crippen molar-refractivity contribution < 1.29 is 4.84 Å². The lowest BCUT2D eigenvalue weighted by atomic mass is 10.00. The number of hydroxylamine groups is 1. The topological polar surface area (TPSA) is 21.3 Å². The molecule has 2 nitrogen and oxygen atoms in total. The van der Waals surface area contributed by atoms with Gasteiger partial charge in [-0.3, -0.25) is 0 Å². The van der Waals surface area contributed by atoms with Crippen LogP contribution in [0.3, 0.4) is 0 Å². The standard InChI is InChI=1S/C14H15NO/c1-16-15-11-13-9-5-6-10-14(13)12-7-3-2-4-8-12/h2-10,15H,11H2,1H3. The van der Waals surface area contributed by atoms with Gasteiger partial charge in [-0.25, -0.2) is 0 Å². The van der Waals surface area contributed by atoms with E-state index in [0.717, 1.165) is 0 Å². The first-order valence-corrected chi connectivity index (χ1v) is 5.31. The highest BCUT2D eigenvalue weighted by Crippen LogP contribution is 2.22. The summed E-state index contributed by atoms with van der Waals surface area (Å²) in [5.74, 6) is 0. The van der Waals surface area contributed by atoms with Gasteiger partial charge in [0.1, 0.15) is 0 Å². The fraction of sp³-hybridized carbons (Fsp3) is 0.143. The van der Waals surface area contributed by atoms with Gasteiger partial charge in [0.15, 0.2) is 0 Å². The number of nitrogens with one attached hydrogen (secondary N) is 1. The highest BCUT2D eigenvalue weighted by atomic mass is 16.6. The summed E-state index contributed by atoms with van der Waals surface area (Å²) in [6.07, 6.45) is 0. The first-order chi connectivity index (χ1) is 7.92. The molecule has 16 heavy (non-hydrogen) atoms. The van der Waals surface area contributed by atoms with E-state index < -0.39 is 0 Å². The normalized spacial score (nSPS) is 10.3. The van der Waals surface area contributed by atoms with E-state index in [1.165, 1.54) is 16.7 Å². The molecule has 0 aromatic heterocycles. The zero-order chi connectivity index (χ0) is 11.2. The Hall–Kier alpha value is -1.64.